The number of hydrogen-bond donors (Lipinski definition) is 3. The van der Waals surface area contributed by atoms with Crippen molar-refractivity contribution in [1.29, 1.82) is 0 Å². The van der Waals surface area contributed by atoms with Crippen molar-refractivity contribution in [3.05, 3.63) is 23.8 Å². The number of nitrogens with two attached hydrogens (primary N) is 1. The molecule has 0 unspecified atom stereocenters. The van der Waals surface area contributed by atoms with Crippen molar-refractivity contribution in [2.45, 2.75) is 13.1 Å². The Kier molecular flexibility index (Phi) is 5.83. The second kappa shape index (κ2) is 7.16. The first-order valence-corrected chi connectivity index (χ1v) is 6.38. The molecule has 5 nitrogen and oxygen atoms in total. The Morgan fingerprint density at radius 3 is 2.57 bits per heavy atom. The number of amides is 1. The van der Waals surface area contributed by atoms with E-state index in [2.05, 4.69) is 5.32 Å². The molecule has 0 aromatic heterocycles. The van der Waals surface area contributed by atoms with Crippen LogP contribution in [0.5, 0.6) is 0 Å². The van der Waals surface area contributed by atoms with Crippen LogP contribution < -0.4 is 16.0 Å². The summed E-state index contributed by atoms with van der Waals surface area (Å²) >= 11 is 0. The van der Waals surface area contributed by atoms with Crippen LogP contribution in [0.2, 0.25) is 0 Å². The zero-order chi connectivity index (χ0) is 16.0. The van der Waals surface area contributed by atoms with Gasteiger partial charge in [0.2, 0.25) is 0 Å². The molecule has 0 heterocycles. The Hall–Kier alpha value is -1.96. The first-order chi connectivity index (χ1) is 9.78. The fraction of sp³-hybridized carbons (Fsp3) is 0.462. The van der Waals surface area contributed by atoms with Crippen molar-refractivity contribution in [1.82, 2.24) is 5.32 Å². The molecule has 1 amide bonds. The van der Waals surface area contributed by atoms with Gasteiger partial charge < -0.3 is 21.1 Å². The van der Waals surface area contributed by atoms with Gasteiger partial charge in [-0.15, -0.1) is 0 Å². The lowest BCUT2D eigenvalue weighted by Gasteiger charge is -2.26. The summed E-state index contributed by atoms with van der Waals surface area (Å²) in [6.07, 6.45) is -4.42. The van der Waals surface area contributed by atoms with E-state index in [9.17, 15) is 18.0 Å². The van der Waals surface area contributed by atoms with Crippen LogP contribution in [0.15, 0.2) is 18.2 Å². The molecule has 0 saturated carbocycles. The molecule has 118 valence electrons. The predicted octanol–water partition coefficient (Wildman–Crippen LogP) is 1.38. The van der Waals surface area contributed by atoms with Crippen LogP contribution in [0.4, 0.5) is 24.5 Å². The molecule has 0 fully saturated rings. The van der Waals surface area contributed by atoms with Gasteiger partial charge in [0.05, 0.1) is 18.0 Å². The molecular weight excluding hydrogens is 287 g/mol. The number of alkyl halides is 3. The van der Waals surface area contributed by atoms with E-state index in [4.69, 9.17) is 10.8 Å². The third-order valence-electron chi connectivity index (χ3n) is 2.71. The third kappa shape index (κ3) is 5.14. The molecule has 0 aliphatic heterocycles. The molecule has 4 N–H and O–H groups in total. The number of nitrogen functional groups attached to an aromatic ring is 1. The smallest absolute Gasteiger partial charge is 0.397 e. The lowest BCUT2D eigenvalue weighted by Crippen LogP contribution is -2.36. The monoisotopic (exact) mass is 305 g/mol. The predicted molar refractivity (Wildman–Crippen MR) is 74.2 cm³/mol. The minimum absolute atomic E-state index is 0.0523. The summed E-state index contributed by atoms with van der Waals surface area (Å²) in [4.78, 5) is 12.6. The second-order valence-electron chi connectivity index (χ2n) is 4.39. The standard InChI is InChI=1S/C13H18F3N3O2/c1-2-18-12(21)9-3-4-11(10(17)7-9)19(5-6-20)8-13(14,15)16/h3-4,7,20H,2,5-6,8,17H2,1H3,(H,18,21). The van der Waals surface area contributed by atoms with Crippen molar-refractivity contribution >= 4 is 17.3 Å². The molecule has 21 heavy (non-hydrogen) atoms. The number of nitrogens with zero attached hydrogens (tertiary/aromatic N) is 1. The zero-order valence-electron chi connectivity index (χ0n) is 11.6. The Labute approximate surface area is 120 Å². The average Bonchev–Trinajstić information content (AvgIpc) is 2.37. The number of aliphatic hydroxyl groups is 1. The van der Waals surface area contributed by atoms with Gasteiger partial charge in [0.25, 0.3) is 5.91 Å². The molecule has 1 aromatic carbocycles. The molecule has 1 aromatic rings. The quantitative estimate of drug-likeness (QED) is 0.694. The Balaban J connectivity index is 3.02. The molecule has 0 radical (unpaired) electrons. The maximum Gasteiger partial charge on any atom is 0.405 e. The van der Waals surface area contributed by atoms with Gasteiger partial charge in [-0.25, -0.2) is 0 Å². The van der Waals surface area contributed by atoms with Gasteiger partial charge in [0.15, 0.2) is 0 Å². The largest absolute Gasteiger partial charge is 0.405 e. The first kappa shape index (κ1) is 17.1. The zero-order valence-corrected chi connectivity index (χ0v) is 11.6. The Bertz CT molecular complexity index is 492. The van der Waals surface area contributed by atoms with Crippen LogP contribution in [0.1, 0.15) is 17.3 Å². The summed E-state index contributed by atoms with van der Waals surface area (Å²) < 4.78 is 37.6. The van der Waals surface area contributed by atoms with Crippen molar-refractivity contribution in [2.75, 3.05) is 36.9 Å². The maximum absolute atomic E-state index is 12.5. The fourth-order valence-electron chi connectivity index (χ4n) is 1.87. The normalized spacial score (nSPS) is 11.3. The molecule has 0 aliphatic rings. The van der Waals surface area contributed by atoms with Crippen molar-refractivity contribution in [3.63, 3.8) is 0 Å². The third-order valence-corrected chi connectivity index (χ3v) is 2.71. The minimum Gasteiger partial charge on any atom is -0.397 e. The van der Waals surface area contributed by atoms with E-state index in [1.165, 1.54) is 18.2 Å². The highest BCUT2D eigenvalue weighted by atomic mass is 19.4. The fourth-order valence-corrected chi connectivity index (χ4v) is 1.87. The maximum atomic E-state index is 12.5. The van der Waals surface area contributed by atoms with E-state index in [-0.39, 0.29) is 29.4 Å². The van der Waals surface area contributed by atoms with Gasteiger partial charge in [-0.3, -0.25) is 4.79 Å². The molecule has 0 spiro atoms. The number of carbonyl (C=O) groups excluding carboxylic acids is 1. The number of hydrogen-bond acceptors (Lipinski definition) is 4. The van der Waals surface area contributed by atoms with Crippen LogP contribution in [0.25, 0.3) is 0 Å². The SMILES string of the molecule is CCNC(=O)c1ccc(N(CCO)CC(F)(F)F)c(N)c1. The van der Waals surface area contributed by atoms with Gasteiger partial charge in [-0.1, -0.05) is 0 Å². The summed E-state index contributed by atoms with van der Waals surface area (Å²) in [6, 6.07) is 4.07. The van der Waals surface area contributed by atoms with Crippen molar-refractivity contribution < 1.29 is 23.1 Å². The van der Waals surface area contributed by atoms with Crippen LogP contribution in [0.3, 0.4) is 0 Å². The first-order valence-electron chi connectivity index (χ1n) is 6.38. The molecule has 8 heteroatoms. The van der Waals surface area contributed by atoms with E-state index in [1.807, 2.05) is 0 Å². The summed E-state index contributed by atoms with van der Waals surface area (Å²) in [5.41, 5.74) is 6.19. The van der Waals surface area contributed by atoms with Crippen molar-refractivity contribution in [3.8, 4) is 0 Å². The molecule has 0 atom stereocenters. The minimum atomic E-state index is -4.42. The van der Waals surface area contributed by atoms with Crippen LogP contribution in [-0.2, 0) is 0 Å². The van der Waals surface area contributed by atoms with Crippen LogP contribution >= 0.6 is 0 Å². The summed E-state index contributed by atoms with van der Waals surface area (Å²) in [7, 11) is 0. The van der Waals surface area contributed by atoms with E-state index in [0.29, 0.717) is 6.54 Å². The summed E-state index contributed by atoms with van der Waals surface area (Å²) in [6.45, 7) is 0.323. The number of rotatable bonds is 6. The Morgan fingerprint density at radius 2 is 2.10 bits per heavy atom. The number of carbonyl (C=O) groups is 1. The molecule has 0 saturated heterocycles. The van der Waals surface area contributed by atoms with Crippen LogP contribution in [-0.4, -0.2) is 43.4 Å². The number of nitrogens with one attached hydrogen (secondary N) is 1. The van der Waals surface area contributed by atoms with Gasteiger partial charge in [0, 0.05) is 18.7 Å². The van der Waals surface area contributed by atoms with Crippen molar-refractivity contribution in [2.24, 2.45) is 0 Å². The number of benzene rings is 1. The molecule has 0 aliphatic carbocycles. The van der Waals surface area contributed by atoms with E-state index in [0.717, 1.165) is 4.90 Å². The summed E-state index contributed by atoms with van der Waals surface area (Å²) in [5.74, 6) is -0.347. The molecule has 0 bridgehead atoms. The van der Waals surface area contributed by atoms with Gasteiger partial charge >= 0.3 is 6.18 Å². The lowest BCUT2D eigenvalue weighted by atomic mass is 10.1. The average molecular weight is 305 g/mol. The van der Waals surface area contributed by atoms with Crippen LogP contribution in [0, 0.1) is 0 Å². The highest BCUT2D eigenvalue weighted by Gasteiger charge is 2.31. The second-order valence-corrected chi connectivity index (χ2v) is 4.39. The number of aliphatic hydroxyl groups excluding tert-OH is 1. The number of anilines is 2. The van der Waals surface area contributed by atoms with Gasteiger partial charge in [-0.2, -0.15) is 13.2 Å². The lowest BCUT2D eigenvalue weighted by molar-refractivity contribution is -0.119. The molecule has 1 rings (SSSR count). The number of halogens is 3. The topological polar surface area (TPSA) is 78.6 Å². The highest BCUT2D eigenvalue weighted by molar-refractivity contribution is 5.96. The van der Waals surface area contributed by atoms with E-state index < -0.39 is 19.3 Å². The van der Waals surface area contributed by atoms with E-state index in [1.54, 1.807) is 6.92 Å². The van der Waals surface area contributed by atoms with Gasteiger partial charge in [0.1, 0.15) is 6.54 Å². The highest BCUT2D eigenvalue weighted by Crippen LogP contribution is 2.27. The Morgan fingerprint density at radius 1 is 1.43 bits per heavy atom. The molecular formula is C13H18F3N3O2. The van der Waals surface area contributed by atoms with Gasteiger partial charge in [-0.05, 0) is 25.1 Å². The van der Waals surface area contributed by atoms with E-state index >= 15 is 0 Å². The summed E-state index contributed by atoms with van der Waals surface area (Å²) in [5, 5.41) is 11.5.